The van der Waals surface area contributed by atoms with E-state index in [0.717, 1.165) is 57.9 Å². The monoisotopic (exact) mass is 526 g/mol. The van der Waals surface area contributed by atoms with E-state index in [1.54, 1.807) is 6.07 Å². The average Bonchev–Trinajstić information content (AvgIpc) is 2.90. The molecule has 37 heavy (non-hydrogen) atoms. The Labute approximate surface area is 225 Å². The largest absolute Gasteiger partial charge is 0.303 e. The maximum absolute atomic E-state index is 13.2. The van der Waals surface area contributed by atoms with Crippen LogP contribution in [0.15, 0.2) is 24.4 Å². The molecule has 0 unspecified atom stereocenters. The summed E-state index contributed by atoms with van der Waals surface area (Å²) in [6, 6.07) is 7.64. The van der Waals surface area contributed by atoms with Gasteiger partial charge in [-0.25, -0.2) is 15.4 Å². The molecule has 9 nitrogen and oxygen atoms in total. The van der Waals surface area contributed by atoms with E-state index >= 15 is 0 Å². The molecule has 3 rings (SSSR count). The Morgan fingerprint density at radius 3 is 2.54 bits per heavy atom. The van der Waals surface area contributed by atoms with Crippen molar-refractivity contribution in [2.24, 2.45) is 5.92 Å². The Morgan fingerprint density at radius 1 is 1.19 bits per heavy atom. The molecular formula is C27H39ClN8O. The third kappa shape index (κ3) is 8.19. The number of hydrogen-bond donors (Lipinski definition) is 2. The predicted octanol–water partition coefficient (Wildman–Crippen LogP) is 3.02. The van der Waals surface area contributed by atoms with Crippen LogP contribution in [0.25, 0.3) is 11.3 Å². The molecule has 0 aliphatic carbocycles. The molecule has 1 aliphatic heterocycles. The van der Waals surface area contributed by atoms with Crippen LogP contribution in [-0.4, -0.2) is 89.5 Å². The summed E-state index contributed by atoms with van der Waals surface area (Å²) in [5.74, 6) is 0.124. The van der Waals surface area contributed by atoms with Crippen molar-refractivity contribution in [3.63, 3.8) is 0 Å². The van der Waals surface area contributed by atoms with E-state index in [1.165, 1.54) is 6.20 Å². The fraction of sp³-hybridized carbons (Fsp3) is 0.556. The SMILES string of the molecule is CCN(CC)CCN1CCN(Cc2cccc(C(=O)NNCC(C)C)c2-c2nc(C#N)ncc2Cl)CC1. The van der Waals surface area contributed by atoms with E-state index in [1.807, 2.05) is 18.2 Å². The number of hydrazine groups is 1. The van der Waals surface area contributed by atoms with E-state index in [2.05, 4.69) is 63.2 Å². The first kappa shape index (κ1) is 29.0. The molecule has 0 atom stereocenters. The van der Waals surface area contributed by atoms with Crippen molar-refractivity contribution in [3.8, 4) is 17.3 Å². The van der Waals surface area contributed by atoms with Gasteiger partial charge in [0, 0.05) is 57.9 Å². The van der Waals surface area contributed by atoms with Crippen molar-refractivity contribution in [2.45, 2.75) is 34.2 Å². The second-order valence-electron chi connectivity index (χ2n) is 9.72. The second-order valence-corrected chi connectivity index (χ2v) is 10.1. The van der Waals surface area contributed by atoms with Crippen LogP contribution in [0.4, 0.5) is 0 Å². The predicted molar refractivity (Wildman–Crippen MR) is 147 cm³/mol. The van der Waals surface area contributed by atoms with Gasteiger partial charge in [-0.1, -0.05) is 51.4 Å². The molecule has 1 aromatic carbocycles. The quantitative estimate of drug-likeness (QED) is 0.407. The second kappa shape index (κ2) is 14.4. The summed E-state index contributed by atoms with van der Waals surface area (Å²) in [6.07, 6.45) is 1.42. The third-order valence-corrected chi connectivity index (χ3v) is 6.95. The fourth-order valence-electron chi connectivity index (χ4n) is 4.43. The molecule has 0 radical (unpaired) electrons. The Kier molecular flexibility index (Phi) is 11.2. The Hall–Kier alpha value is -2.61. The number of aromatic nitrogens is 2. The molecule has 200 valence electrons. The summed E-state index contributed by atoms with van der Waals surface area (Å²) in [5, 5.41) is 9.69. The van der Waals surface area contributed by atoms with Crippen molar-refractivity contribution in [1.29, 1.82) is 5.26 Å². The zero-order valence-corrected chi connectivity index (χ0v) is 23.2. The molecule has 1 saturated heterocycles. The van der Waals surface area contributed by atoms with Crippen LogP contribution in [0.5, 0.6) is 0 Å². The van der Waals surface area contributed by atoms with Crippen LogP contribution < -0.4 is 10.9 Å². The number of nitrogens with one attached hydrogen (secondary N) is 2. The highest BCUT2D eigenvalue weighted by atomic mass is 35.5. The summed E-state index contributed by atoms with van der Waals surface area (Å²) in [6.45, 7) is 18.0. The zero-order chi connectivity index (χ0) is 26.8. The van der Waals surface area contributed by atoms with Crippen molar-refractivity contribution < 1.29 is 4.79 Å². The number of piperazine rings is 1. The Balaban J connectivity index is 1.82. The van der Waals surface area contributed by atoms with Crippen molar-refractivity contribution in [3.05, 3.63) is 46.4 Å². The molecule has 0 spiro atoms. The summed E-state index contributed by atoms with van der Waals surface area (Å²) in [4.78, 5) is 28.9. The highest BCUT2D eigenvalue weighted by molar-refractivity contribution is 6.33. The van der Waals surface area contributed by atoms with Gasteiger partial charge >= 0.3 is 0 Å². The Morgan fingerprint density at radius 2 is 1.89 bits per heavy atom. The number of benzene rings is 1. The summed E-state index contributed by atoms with van der Waals surface area (Å²) in [5.41, 5.74) is 8.22. The first-order chi connectivity index (χ1) is 17.9. The standard InChI is InChI=1S/C27H39ClN8O/c1-5-34(6-2)10-11-35-12-14-36(15-13-35)19-21-8-7-9-22(27(37)33-31-17-20(3)4)25(21)26-23(28)18-30-24(16-29)32-26/h7-9,18,20,31H,5-6,10-15,17,19H2,1-4H3,(H,33,37). The molecule has 0 saturated carbocycles. The normalized spacial score (nSPS) is 14.8. The van der Waals surface area contributed by atoms with E-state index in [4.69, 9.17) is 11.6 Å². The molecule has 1 aromatic heterocycles. The lowest BCUT2D eigenvalue weighted by atomic mass is 9.96. The number of halogens is 1. The molecule has 0 bridgehead atoms. The molecule has 2 aromatic rings. The third-order valence-electron chi connectivity index (χ3n) is 6.67. The molecule has 10 heteroatoms. The number of carbonyl (C=O) groups excluding carboxylic acids is 1. The van der Waals surface area contributed by atoms with Gasteiger partial charge in [-0.3, -0.25) is 20.0 Å². The van der Waals surface area contributed by atoms with E-state index in [0.29, 0.717) is 40.9 Å². The van der Waals surface area contributed by atoms with Gasteiger partial charge in [0.15, 0.2) is 0 Å². The first-order valence-electron chi connectivity index (χ1n) is 13.1. The number of hydrogen-bond acceptors (Lipinski definition) is 8. The molecule has 1 fully saturated rings. The van der Waals surface area contributed by atoms with Gasteiger partial charge in [0.1, 0.15) is 6.07 Å². The van der Waals surface area contributed by atoms with Gasteiger partial charge in [0.25, 0.3) is 5.91 Å². The number of likely N-dealkylation sites (N-methyl/N-ethyl adjacent to an activating group) is 1. The van der Waals surface area contributed by atoms with Crippen molar-refractivity contribution in [1.82, 2.24) is 35.5 Å². The number of amides is 1. The number of nitriles is 1. The average molecular weight is 527 g/mol. The van der Waals surface area contributed by atoms with Crippen molar-refractivity contribution >= 4 is 17.5 Å². The smallest absolute Gasteiger partial charge is 0.266 e. The van der Waals surface area contributed by atoms with Gasteiger partial charge in [-0.2, -0.15) is 5.26 Å². The molecular weight excluding hydrogens is 488 g/mol. The lowest BCUT2D eigenvalue weighted by molar-refractivity contribution is 0.0931. The van der Waals surface area contributed by atoms with E-state index in [9.17, 15) is 10.1 Å². The van der Waals surface area contributed by atoms with Gasteiger partial charge in [0.2, 0.25) is 5.82 Å². The minimum atomic E-state index is -0.271. The molecule has 2 heterocycles. The minimum Gasteiger partial charge on any atom is -0.303 e. The maximum atomic E-state index is 13.2. The van der Waals surface area contributed by atoms with Crippen LogP contribution in [0, 0.1) is 17.2 Å². The summed E-state index contributed by atoms with van der Waals surface area (Å²) >= 11 is 6.52. The number of nitrogens with zero attached hydrogens (tertiary/aromatic N) is 6. The molecule has 1 aliphatic rings. The van der Waals surface area contributed by atoms with Crippen LogP contribution in [-0.2, 0) is 6.54 Å². The van der Waals surface area contributed by atoms with E-state index in [-0.39, 0.29) is 11.7 Å². The number of rotatable bonds is 12. The highest BCUT2D eigenvalue weighted by Crippen LogP contribution is 2.32. The molecule has 1 amide bonds. The van der Waals surface area contributed by atoms with Crippen LogP contribution >= 0.6 is 11.6 Å². The van der Waals surface area contributed by atoms with Gasteiger partial charge < -0.3 is 4.90 Å². The topological polar surface area (TPSA) is 100 Å². The van der Waals surface area contributed by atoms with Crippen LogP contribution in [0.2, 0.25) is 5.02 Å². The van der Waals surface area contributed by atoms with Crippen LogP contribution in [0.1, 0.15) is 49.4 Å². The molecule has 2 N–H and O–H groups in total. The Bertz CT molecular complexity index is 1070. The van der Waals surface area contributed by atoms with Gasteiger partial charge in [-0.15, -0.1) is 0 Å². The van der Waals surface area contributed by atoms with Crippen molar-refractivity contribution in [2.75, 3.05) is 58.9 Å². The highest BCUT2D eigenvalue weighted by Gasteiger charge is 2.24. The fourth-order valence-corrected chi connectivity index (χ4v) is 4.62. The van der Waals surface area contributed by atoms with Gasteiger partial charge in [-0.05, 0) is 30.6 Å². The number of carbonyl (C=O) groups is 1. The zero-order valence-electron chi connectivity index (χ0n) is 22.4. The van der Waals surface area contributed by atoms with Gasteiger partial charge in [0.05, 0.1) is 22.5 Å². The summed E-state index contributed by atoms with van der Waals surface area (Å²) < 4.78 is 0. The first-order valence-corrected chi connectivity index (χ1v) is 13.5. The van der Waals surface area contributed by atoms with E-state index < -0.39 is 0 Å². The maximum Gasteiger partial charge on any atom is 0.266 e. The van der Waals surface area contributed by atoms with Crippen LogP contribution in [0.3, 0.4) is 0 Å². The lowest BCUT2D eigenvalue weighted by Gasteiger charge is -2.36. The lowest BCUT2D eigenvalue weighted by Crippen LogP contribution is -2.48. The minimum absolute atomic E-state index is 0.0142. The summed E-state index contributed by atoms with van der Waals surface area (Å²) in [7, 11) is 0.